The predicted molar refractivity (Wildman–Crippen MR) is 78.2 cm³/mol. The first-order valence-corrected chi connectivity index (χ1v) is 6.76. The van der Waals surface area contributed by atoms with Crippen molar-refractivity contribution in [3.63, 3.8) is 0 Å². The van der Waals surface area contributed by atoms with Gasteiger partial charge in [0.05, 0.1) is 6.21 Å². The average molecular weight is 287 g/mol. The molecule has 2 rings (SSSR count). The third-order valence-electron chi connectivity index (χ3n) is 2.34. The first-order valence-electron chi connectivity index (χ1n) is 5.95. The molecule has 1 N–H and O–H groups in total. The van der Waals surface area contributed by atoms with Crippen LogP contribution in [0.2, 0.25) is 0 Å². The van der Waals surface area contributed by atoms with Gasteiger partial charge >= 0.3 is 5.97 Å². The van der Waals surface area contributed by atoms with Gasteiger partial charge in [0.15, 0.2) is 0 Å². The zero-order chi connectivity index (χ0) is 14.2. The van der Waals surface area contributed by atoms with Crippen molar-refractivity contribution in [2.24, 2.45) is 5.16 Å². The summed E-state index contributed by atoms with van der Waals surface area (Å²) in [7, 11) is 0. The van der Waals surface area contributed by atoms with E-state index in [1.165, 1.54) is 6.21 Å². The lowest BCUT2D eigenvalue weighted by Crippen LogP contribution is -2.03. The maximum atomic E-state index is 10.3. The van der Waals surface area contributed by atoms with E-state index in [1.54, 1.807) is 11.8 Å². The second-order valence-electron chi connectivity index (χ2n) is 3.85. The topological polar surface area (TPSA) is 58.9 Å². The van der Waals surface area contributed by atoms with E-state index in [9.17, 15) is 4.79 Å². The highest BCUT2D eigenvalue weighted by molar-refractivity contribution is 7.99. The summed E-state index contributed by atoms with van der Waals surface area (Å²) in [4.78, 5) is 17.1. The van der Waals surface area contributed by atoms with E-state index in [-0.39, 0.29) is 0 Å². The Balaban J connectivity index is 2.08. The third kappa shape index (κ3) is 4.44. The molecule has 5 heteroatoms. The predicted octanol–water partition coefficient (Wildman–Crippen LogP) is 3.27. The lowest BCUT2D eigenvalue weighted by molar-refractivity contribution is -0.142. The van der Waals surface area contributed by atoms with Crippen LogP contribution in [0.25, 0.3) is 0 Å². The van der Waals surface area contributed by atoms with Gasteiger partial charge in [-0.15, -0.1) is 0 Å². The third-order valence-corrected chi connectivity index (χ3v) is 3.44. The van der Waals surface area contributed by atoms with E-state index in [0.717, 1.165) is 15.4 Å². The number of benzene rings is 2. The van der Waals surface area contributed by atoms with Crippen LogP contribution in [-0.4, -0.2) is 23.9 Å². The van der Waals surface area contributed by atoms with Crippen molar-refractivity contribution < 1.29 is 14.7 Å². The van der Waals surface area contributed by atoms with E-state index in [2.05, 4.69) is 9.99 Å². The fourth-order valence-electron chi connectivity index (χ4n) is 1.48. The standard InChI is InChI=1S/C15H13NO3S/c17-15(18)11-19-16-10-12-6-4-5-9-14(12)20-13-7-2-1-3-8-13/h1-10H,11H2,(H,17,18)/b16-10+. The molecule has 0 aromatic heterocycles. The molecule has 0 spiro atoms. The molecule has 2 aromatic rings. The molecule has 0 atom stereocenters. The number of hydrogen-bond donors (Lipinski definition) is 1. The summed E-state index contributed by atoms with van der Waals surface area (Å²) in [5.41, 5.74) is 0.881. The van der Waals surface area contributed by atoms with Crippen LogP contribution < -0.4 is 0 Å². The van der Waals surface area contributed by atoms with Crippen molar-refractivity contribution in [1.82, 2.24) is 0 Å². The molecule has 4 nitrogen and oxygen atoms in total. The summed E-state index contributed by atoms with van der Waals surface area (Å²) in [5.74, 6) is -1.05. The molecule has 2 aromatic carbocycles. The van der Waals surface area contributed by atoms with Gasteiger partial charge in [0.25, 0.3) is 0 Å². The van der Waals surface area contributed by atoms with Crippen LogP contribution >= 0.6 is 11.8 Å². The highest BCUT2D eigenvalue weighted by atomic mass is 32.2. The van der Waals surface area contributed by atoms with Crippen LogP contribution in [0.4, 0.5) is 0 Å². The van der Waals surface area contributed by atoms with Crippen LogP contribution in [0.15, 0.2) is 69.5 Å². The number of carboxylic acid groups (broad SMARTS) is 1. The molecule has 0 saturated carbocycles. The largest absolute Gasteiger partial charge is 0.479 e. The Morgan fingerprint density at radius 1 is 1.15 bits per heavy atom. The zero-order valence-electron chi connectivity index (χ0n) is 10.6. The van der Waals surface area contributed by atoms with Crippen molar-refractivity contribution in [3.8, 4) is 0 Å². The van der Waals surface area contributed by atoms with Crippen LogP contribution in [0.3, 0.4) is 0 Å². The summed E-state index contributed by atoms with van der Waals surface area (Å²) in [5, 5.41) is 12.1. The molecule has 102 valence electrons. The highest BCUT2D eigenvalue weighted by Crippen LogP contribution is 2.29. The smallest absolute Gasteiger partial charge is 0.344 e. The molecule has 0 radical (unpaired) electrons. The molecular formula is C15H13NO3S. The fourth-order valence-corrected chi connectivity index (χ4v) is 2.41. The average Bonchev–Trinajstić information content (AvgIpc) is 2.46. The number of carboxylic acids is 1. The molecule has 0 saturated heterocycles. The summed E-state index contributed by atoms with van der Waals surface area (Å²) < 4.78 is 0. The Kier molecular flexibility index (Phi) is 5.20. The fraction of sp³-hybridized carbons (Fsp3) is 0.0667. The van der Waals surface area contributed by atoms with Crippen molar-refractivity contribution in [2.45, 2.75) is 9.79 Å². The number of hydrogen-bond acceptors (Lipinski definition) is 4. The minimum atomic E-state index is -1.05. The van der Waals surface area contributed by atoms with Crippen molar-refractivity contribution in [3.05, 3.63) is 60.2 Å². The first-order chi connectivity index (χ1) is 9.75. The summed E-state index contributed by atoms with van der Waals surface area (Å²) in [6.45, 7) is -0.440. The highest BCUT2D eigenvalue weighted by Gasteiger charge is 2.02. The normalized spacial score (nSPS) is 10.6. The van der Waals surface area contributed by atoms with E-state index in [4.69, 9.17) is 5.11 Å². The zero-order valence-corrected chi connectivity index (χ0v) is 11.4. The van der Waals surface area contributed by atoms with Gasteiger partial charge in [-0.3, -0.25) is 0 Å². The van der Waals surface area contributed by atoms with Gasteiger partial charge in [-0.05, 0) is 18.2 Å². The second-order valence-corrected chi connectivity index (χ2v) is 4.97. The molecule has 0 aliphatic carbocycles. The maximum absolute atomic E-state index is 10.3. The first kappa shape index (κ1) is 14.1. The van der Waals surface area contributed by atoms with Crippen LogP contribution in [0.5, 0.6) is 0 Å². The number of carbonyl (C=O) groups is 1. The molecule has 0 heterocycles. The van der Waals surface area contributed by atoms with E-state index in [1.807, 2.05) is 54.6 Å². The van der Waals surface area contributed by atoms with Crippen molar-refractivity contribution in [2.75, 3.05) is 6.61 Å². The van der Waals surface area contributed by atoms with Crippen molar-refractivity contribution >= 4 is 23.9 Å². The number of aliphatic carboxylic acids is 1. The Bertz CT molecular complexity index is 599. The molecule has 0 unspecified atom stereocenters. The second kappa shape index (κ2) is 7.35. The van der Waals surface area contributed by atoms with Crippen LogP contribution in [0.1, 0.15) is 5.56 Å². The number of oxime groups is 1. The van der Waals surface area contributed by atoms with Crippen molar-refractivity contribution in [1.29, 1.82) is 0 Å². The lowest BCUT2D eigenvalue weighted by atomic mass is 10.2. The molecule has 0 fully saturated rings. The molecule has 0 aliphatic rings. The van der Waals surface area contributed by atoms with E-state index < -0.39 is 12.6 Å². The SMILES string of the molecule is O=C(O)CO/N=C/c1ccccc1Sc1ccccc1. The Hall–Kier alpha value is -2.27. The monoisotopic (exact) mass is 287 g/mol. The summed E-state index contributed by atoms with van der Waals surface area (Å²) in [6, 6.07) is 17.7. The number of rotatable bonds is 6. The molecule has 20 heavy (non-hydrogen) atoms. The van der Waals surface area contributed by atoms with Gasteiger partial charge in [-0.1, -0.05) is 53.3 Å². The lowest BCUT2D eigenvalue weighted by Gasteiger charge is -2.04. The Labute approximate surface area is 121 Å². The molecule has 0 amide bonds. The number of nitrogens with zero attached hydrogens (tertiary/aromatic N) is 1. The molecular weight excluding hydrogens is 274 g/mol. The molecule has 0 aliphatic heterocycles. The molecule has 0 bridgehead atoms. The van der Waals surface area contributed by atoms with Gasteiger partial charge in [0, 0.05) is 15.4 Å². The maximum Gasteiger partial charge on any atom is 0.344 e. The minimum Gasteiger partial charge on any atom is -0.479 e. The minimum absolute atomic E-state index is 0.440. The van der Waals surface area contributed by atoms with Gasteiger partial charge in [0.2, 0.25) is 6.61 Å². The quantitative estimate of drug-likeness (QED) is 0.654. The van der Waals surface area contributed by atoms with E-state index >= 15 is 0 Å². The van der Waals surface area contributed by atoms with Crippen LogP contribution in [-0.2, 0) is 9.63 Å². The Morgan fingerprint density at radius 2 is 1.85 bits per heavy atom. The van der Waals surface area contributed by atoms with Gasteiger partial charge in [-0.2, -0.15) is 0 Å². The van der Waals surface area contributed by atoms with E-state index in [0.29, 0.717) is 0 Å². The van der Waals surface area contributed by atoms with Gasteiger partial charge in [0.1, 0.15) is 0 Å². The summed E-state index contributed by atoms with van der Waals surface area (Å²) >= 11 is 1.62. The van der Waals surface area contributed by atoms with Gasteiger partial charge in [-0.25, -0.2) is 4.79 Å². The van der Waals surface area contributed by atoms with Crippen LogP contribution in [0, 0.1) is 0 Å². The Morgan fingerprint density at radius 3 is 2.60 bits per heavy atom. The van der Waals surface area contributed by atoms with Gasteiger partial charge < -0.3 is 9.94 Å². The summed E-state index contributed by atoms with van der Waals surface area (Å²) in [6.07, 6.45) is 1.52.